The molecule has 2 aliphatic rings. The van der Waals surface area contributed by atoms with E-state index in [0.717, 1.165) is 16.5 Å². The van der Waals surface area contributed by atoms with E-state index in [1.807, 2.05) is 68.4 Å². The molecule has 1 amide bonds. The molecule has 5 rings (SSSR count). The summed E-state index contributed by atoms with van der Waals surface area (Å²) < 4.78 is 27.8. The van der Waals surface area contributed by atoms with Crippen LogP contribution in [-0.2, 0) is 21.4 Å². The summed E-state index contributed by atoms with van der Waals surface area (Å²) in [4.78, 5) is 25.0. The van der Waals surface area contributed by atoms with Crippen molar-refractivity contribution in [3.8, 4) is 0 Å². The van der Waals surface area contributed by atoms with Crippen LogP contribution in [0.1, 0.15) is 25.2 Å². The van der Waals surface area contributed by atoms with Crippen LogP contribution in [0.15, 0.2) is 60.0 Å². The summed E-state index contributed by atoms with van der Waals surface area (Å²) in [5.74, 6) is 1.16. The molecule has 1 saturated heterocycles. The number of aromatic nitrogens is 2. The van der Waals surface area contributed by atoms with Crippen LogP contribution in [0.3, 0.4) is 0 Å². The smallest absolute Gasteiger partial charge is 0.242 e. The van der Waals surface area contributed by atoms with Crippen LogP contribution in [0, 0.1) is 5.92 Å². The summed E-state index contributed by atoms with van der Waals surface area (Å²) >= 11 is 0. The minimum absolute atomic E-state index is 0.0142. The number of benzene rings is 2. The highest BCUT2D eigenvalue weighted by atomic mass is 32.2. The van der Waals surface area contributed by atoms with E-state index < -0.39 is 16.1 Å². The lowest BCUT2D eigenvalue weighted by atomic mass is 10.0. The van der Waals surface area contributed by atoms with Crippen molar-refractivity contribution in [1.82, 2.24) is 24.5 Å². The molecule has 37 heavy (non-hydrogen) atoms. The van der Waals surface area contributed by atoms with Gasteiger partial charge in [0, 0.05) is 43.0 Å². The monoisotopic (exact) mass is 520 g/mol. The number of nitrogens with zero attached hydrogens (tertiary/aromatic N) is 4. The molecule has 0 radical (unpaired) electrons. The topological polar surface area (TPSA) is 108 Å². The molecule has 3 heterocycles. The molecule has 9 nitrogen and oxygen atoms in total. The summed E-state index contributed by atoms with van der Waals surface area (Å²) in [5.41, 5.74) is 1.63. The second-order valence-electron chi connectivity index (χ2n) is 9.86. The maximum Gasteiger partial charge on any atom is 0.242 e. The lowest BCUT2D eigenvalue weighted by Gasteiger charge is -2.40. The Bertz CT molecular complexity index is 1410. The van der Waals surface area contributed by atoms with Gasteiger partial charge in [-0.1, -0.05) is 56.3 Å². The molecule has 194 valence electrons. The Kier molecular flexibility index (Phi) is 7.23. The minimum Gasteiger partial charge on any atom is -0.358 e. The Morgan fingerprint density at radius 2 is 1.78 bits per heavy atom. The predicted octanol–water partition coefficient (Wildman–Crippen LogP) is 2.68. The second-order valence-corrected chi connectivity index (χ2v) is 11.7. The lowest BCUT2D eigenvalue weighted by molar-refractivity contribution is -0.123. The fraction of sp³-hybridized carbons (Fsp3) is 0.370. The lowest BCUT2D eigenvalue weighted by Crippen LogP contribution is -2.58. The molecule has 1 fully saturated rings. The molecule has 10 heteroatoms. The molecular weight excluding hydrogens is 488 g/mol. The predicted molar refractivity (Wildman–Crippen MR) is 145 cm³/mol. The first kappa shape index (κ1) is 25.3. The molecule has 2 N–H and O–H groups in total. The summed E-state index contributed by atoms with van der Waals surface area (Å²) in [6, 6.07) is 16.4. The number of hydrogen-bond donors (Lipinski definition) is 2. The number of nitrogens with one attached hydrogen (secondary N) is 2. The third-order valence-electron chi connectivity index (χ3n) is 6.91. The molecule has 2 bridgehead atoms. The van der Waals surface area contributed by atoms with Crippen LogP contribution in [0.5, 0.6) is 0 Å². The zero-order chi connectivity index (χ0) is 26.0. The molecular formula is C27H32N6O3S. The maximum atomic E-state index is 13.3. The van der Waals surface area contributed by atoms with Crippen LogP contribution in [0.4, 0.5) is 5.82 Å². The number of para-hydroxylation sites is 1. The second kappa shape index (κ2) is 10.6. The molecule has 3 aromatic rings. The van der Waals surface area contributed by atoms with E-state index in [-0.39, 0.29) is 24.4 Å². The fourth-order valence-electron chi connectivity index (χ4n) is 4.81. The number of piperazine rings is 1. The minimum atomic E-state index is -3.63. The average Bonchev–Trinajstić information content (AvgIpc) is 2.91. The zero-order valence-electron chi connectivity index (χ0n) is 21.0. The van der Waals surface area contributed by atoms with E-state index in [9.17, 15) is 13.2 Å². The first-order valence-electron chi connectivity index (χ1n) is 12.6. The summed E-state index contributed by atoms with van der Waals surface area (Å²) in [5, 5.41) is 8.55. The zero-order valence-corrected chi connectivity index (χ0v) is 21.9. The van der Waals surface area contributed by atoms with Crippen molar-refractivity contribution in [1.29, 1.82) is 0 Å². The van der Waals surface area contributed by atoms with Gasteiger partial charge in [-0.25, -0.2) is 18.4 Å². The maximum absolute atomic E-state index is 13.3. The Morgan fingerprint density at radius 3 is 2.57 bits per heavy atom. The third kappa shape index (κ3) is 5.66. The Hall–Kier alpha value is -3.34. The van der Waals surface area contributed by atoms with Gasteiger partial charge in [0.25, 0.3) is 0 Å². The van der Waals surface area contributed by atoms with E-state index >= 15 is 0 Å². The number of amides is 1. The molecule has 2 aliphatic heterocycles. The highest BCUT2D eigenvalue weighted by molar-refractivity contribution is 7.92. The molecule has 2 atom stereocenters. The molecule has 2 aromatic carbocycles. The summed E-state index contributed by atoms with van der Waals surface area (Å²) in [7, 11) is -3.63. The van der Waals surface area contributed by atoms with Crippen LogP contribution in [0.25, 0.3) is 17.0 Å². The molecule has 0 spiro atoms. The van der Waals surface area contributed by atoms with Crippen molar-refractivity contribution < 1.29 is 13.2 Å². The van der Waals surface area contributed by atoms with Crippen molar-refractivity contribution in [3.63, 3.8) is 0 Å². The van der Waals surface area contributed by atoms with E-state index in [4.69, 9.17) is 9.97 Å². The molecule has 1 unspecified atom stereocenters. The molecule has 0 saturated carbocycles. The molecule has 1 aromatic heterocycles. The SMILES string of the molecule is CC(C)[C@@H]1Nc2nc(nc3ccccc23)CN2CCN(S(=O)(=O)/C=C/c3ccccc3)CC2CNC1=O. The Balaban J connectivity index is 1.44. The van der Waals surface area contributed by atoms with Crippen LogP contribution >= 0.6 is 0 Å². The first-order chi connectivity index (χ1) is 17.8. The summed E-state index contributed by atoms with van der Waals surface area (Å²) in [6.45, 7) is 5.88. The van der Waals surface area contributed by atoms with Crippen LogP contribution < -0.4 is 10.6 Å². The van der Waals surface area contributed by atoms with Crippen molar-refractivity contribution in [2.75, 3.05) is 31.5 Å². The van der Waals surface area contributed by atoms with Crippen LogP contribution in [-0.4, -0.2) is 71.8 Å². The highest BCUT2D eigenvalue weighted by Gasteiger charge is 2.34. The van der Waals surface area contributed by atoms with Crippen molar-refractivity contribution in [2.24, 2.45) is 5.92 Å². The van der Waals surface area contributed by atoms with Crippen molar-refractivity contribution in [2.45, 2.75) is 32.5 Å². The quantitative estimate of drug-likeness (QED) is 0.545. The van der Waals surface area contributed by atoms with Crippen molar-refractivity contribution in [3.05, 3.63) is 71.4 Å². The fourth-order valence-corrected chi connectivity index (χ4v) is 6.03. The number of hydrogen-bond acceptors (Lipinski definition) is 7. The number of carbonyl (C=O) groups is 1. The number of anilines is 1. The number of rotatable bonds is 4. The Morgan fingerprint density at radius 1 is 1.03 bits per heavy atom. The van der Waals surface area contributed by atoms with Crippen molar-refractivity contribution >= 4 is 38.7 Å². The normalized spacial score (nSPS) is 21.9. The third-order valence-corrected chi connectivity index (χ3v) is 8.44. The standard InChI is InChI=1S/C27H32N6O3S/c1-19(2)25-27(34)28-16-21-17-33(37(35,36)15-12-20-8-4-3-5-9-20)14-13-32(21)18-24-29-23-11-7-6-10-22(23)26(30-24)31-25/h3-12,15,19,21,25H,13-14,16-18H2,1-2H3,(H,28,34)(H,29,30,31)/b15-12+/t21?,25-/m0/s1. The van der Waals surface area contributed by atoms with Gasteiger partial charge in [-0.2, -0.15) is 4.31 Å². The molecule has 0 aliphatic carbocycles. The van der Waals surface area contributed by atoms with Gasteiger partial charge in [0.2, 0.25) is 15.9 Å². The van der Waals surface area contributed by atoms with Gasteiger partial charge in [0.05, 0.1) is 12.1 Å². The van der Waals surface area contributed by atoms with Gasteiger partial charge in [-0.15, -0.1) is 0 Å². The Labute approximate surface area is 217 Å². The van der Waals surface area contributed by atoms with Gasteiger partial charge in [-0.3, -0.25) is 9.69 Å². The number of sulfonamides is 1. The van der Waals surface area contributed by atoms with E-state index in [2.05, 4.69) is 15.5 Å². The van der Waals surface area contributed by atoms with Gasteiger partial charge in [0.1, 0.15) is 17.7 Å². The summed E-state index contributed by atoms with van der Waals surface area (Å²) in [6.07, 6.45) is 1.62. The highest BCUT2D eigenvalue weighted by Crippen LogP contribution is 2.25. The largest absolute Gasteiger partial charge is 0.358 e. The van der Waals surface area contributed by atoms with E-state index in [1.165, 1.54) is 9.71 Å². The van der Waals surface area contributed by atoms with E-state index in [1.54, 1.807) is 6.08 Å². The van der Waals surface area contributed by atoms with E-state index in [0.29, 0.717) is 37.8 Å². The van der Waals surface area contributed by atoms with Crippen LogP contribution in [0.2, 0.25) is 0 Å². The number of fused-ring (bicyclic) bond motifs is 5. The van der Waals surface area contributed by atoms with Gasteiger partial charge in [0.15, 0.2) is 0 Å². The van der Waals surface area contributed by atoms with Gasteiger partial charge < -0.3 is 10.6 Å². The number of carbonyl (C=O) groups excluding carboxylic acids is 1. The average molecular weight is 521 g/mol. The van der Waals surface area contributed by atoms with Gasteiger partial charge in [-0.05, 0) is 29.7 Å². The first-order valence-corrected chi connectivity index (χ1v) is 14.1. The van der Waals surface area contributed by atoms with Gasteiger partial charge >= 0.3 is 0 Å².